The van der Waals surface area contributed by atoms with Gasteiger partial charge in [0.2, 0.25) is 0 Å². The molecule has 0 aliphatic carbocycles. The molecule has 2 radical (unpaired) electrons. The first-order valence-corrected chi connectivity index (χ1v) is 4.24. The van der Waals surface area contributed by atoms with Gasteiger partial charge in [0.25, 0.3) is 0 Å². The van der Waals surface area contributed by atoms with Crippen molar-refractivity contribution in [2.45, 2.75) is 20.0 Å². The van der Waals surface area contributed by atoms with E-state index in [-0.39, 0.29) is 6.10 Å². The molecular formula is C10H13BO2. The Morgan fingerprint density at radius 3 is 2.38 bits per heavy atom. The van der Waals surface area contributed by atoms with Gasteiger partial charge in [-0.1, -0.05) is 6.07 Å². The lowest BCUT2D eigenvalue weighted by molar-refractivity contribution is 0.243. The lowest BCUT2D eigenvalue weighted by atomic mass is 9.94. The molecule has 13 heavy (non-hydrogen) atoms. The van der Waals surface area contributed by atoms with Gasteiger partial charge in [0, 0.05) is 0 Å². The first kappa shape index (κ1) is 9.97. The van der Waals surface area contributed by atoms with Crippen molar-refractivity contribution in [2.75, 3.05) is 7.11 Å². The molecule has 0 spiro atoms. The van der Waals surface area contributed by atoms with Crippen molar-refractivity contribution in [1.82, 2.24) is 0 Å². The Balaban J connectivity index is 2.94. The molecule has 0 bridgehead atoms. The zero-order valence-corrected chi connectivity index (χ0v) is 8.20. The van der Waals surface area contributed by atoms with Gasteiger partial charge < -0.3 is 9.47 Å². The Bertz CT molecular complexity index is 284. The third-order valence-electron chi connectivity index (χ3n) is 1.61. The molecule has 0 aromatic heterocycles. The molecule has 0 aliphatic heterocycles. The van der Waals surface area contributed by atoms with Crippen molar-refractivity contribution in [1.29, 1.82) is 0 Å². The van der Waals surface area contributed by atoms with Crippen LogP contribution in [0.3, 0.4) is 0 Å². The second-order valence-corrected chi connectivity index (χ2v) is 3.04. The first-order valence-electron chi connectivity index (χ1n) is 4.24. The molecular weight excluding hydrogens is 163 g/mol. The predicted molar refractivity (Wildman–Crippen MR) is 54.1 cm³/mol. The third kappa shape index (κ3) is 2.41. The van der Waals surface area contributed by atoms with Crippen molar-refractivity contribution in [3.05, 3.63) is 18.2 Å². The topological polar surface area (TPSA) is 18.5 Å². The summed E-state index contributed by atoms with van der Waals surface area (Å²) in [5.41, 5.74) is 0.554. The highest BCUT2D eigenvalue weighted by atomic mass is 16.5. The lowest BCUT2D eigenvalue weighted by Crippen LogP contribution is -2.16. The van der Waals surface area contributed by atoms with E-state index >= 15 is 0 Å². The maximum atomic E-state index is 5.79. The van der Waals surface area contributed by atoms with Gasteiger partial charge in [-0.05, 0) is 31.4 Å². The van der Waals surface area contributed by atoms with E-state index in [4.69, 9.17) is 17.3 Å². The van der Waals surface area contributed by atoms with E-state index in [1.807, 2.05) is 32.0 Å². The van der Waals surface area contributed by atoms with E-state index in [9.17, 15) is 0 Å². The third-order valence-corrected chi connectivity index (χ3v) is 1.61. The van der Waals surface area contributed by atoms with Crippen LogP contribution in [0.2, 0.25) is 0 Å². The summed E-state index contributed by atoms with van der Waals surface area (Å²) < 4.78 is 10.5. The van der Waals surface area contributed by atoms with E-state index in [2.05, 4.69) is 0 Å². The second kappa shape index (κ2) is 4.22. The van der Waals surface area contributed by atoms with Crippen molar-refractivity contribution in [3.63, 3.8) is 0 Å². The minimum atomic E-state index is 0.120. The molecule has 1 rings (SSSR count). The van der Waals surface area contributed by atoms with Gasteiger partial charge in [0.05, 0.1) is 13.2 Å². The zero-order valence-electron chi connectivity index (χ0n) is 8.20. The van der Waals surface area contributed by atoms with Crippen LogP contribution in [0.15, 0.2) is 18.2 Å². The van der Waals surface area contributed by atoms with Crippen LogP contribution in [-0.4, -0.2) is 21.1 Å². The number of benzene rings is 1. The summed E-state index contributed by atoms with van der Waals surface area (Å²) in [6.45, 7) is 3.91. The summed E-state index contributed by atoms with van der Waals surface area (Å²) in [5, 5.41) is 0. The fourth-order valence-electron chi connectivity index (χ4n) is 1.06. The van der Waals surface area contributed by atoms with Gasteiger partial charge >= 0.3 is 0 Å². The minimum absolute atomic E-state index is 0.120. The summed E-state index contributed by atoms with van der Waals surface area (Å²) >= 11 is 0. The Morgan fingerprint density at radius 1 is 1.23 bits per heavy atom. The average Bonchev–Trinajstić information content (AvgIpc) is 2.08. The molecule has 0 heterocycles. The molecule has 0 saturated heterocycles. The number of ether oxygens (including phenoxy) is 2. The number of hydrogen-bond acceptors (Lipinski definition) is 2. The molecule has 0 amide bonds. The van der Waals surface area contributed by atoms with E-state index < -0.39 is 0 Å². The predicted octanol–water partition coefficient (Wildman–Crippen LogP) is 1.28. The Morgan fingerprint density at radius 2 is 1.85 bits per heavy atom. The zero-order chi connectivity index (χ0) is 9.84. The monoisotopic (exact) mass is 176 g/mol. The standard InChI is InChI=1S/C10H13BO2/c1-7(2)13-9-6-4-5-8(12-3)10(9)11/h4-7H,1-3H3. The SMILES string of the molecule is [B]c1c(OC)cccc1OC(C)C. The summed E-state index contributed by atoms with van der Waals surface area (Å²) in [6, 6.07) is 5.49. The van der Waals surface area contributed by atoms with Crippen molar-refractivity contribution in [2.24, 2.45) is 0 Å². The van der Waals surface area contributed by atoms with E-state index in [0.29, 0.717) is 17.0 Å². The minimum Gasteiger partial charge on any atom is -0.497 e. The van der Waals surface area contributed by atoms with E-state index in [0.717, 1.165) is 0 Å². The van der Waals surface area contributed by atoms with Crippen LogP contribution >= 0.6 is 0 Å². The summed E-state index contributed by atoms with van der Waals surface area (Å²) in [7, 11) is 7.38. The largest absolute Gasteiger partial charge is 0.497 e. The smallest absolute Gasteiger partial charge is 0.124 e. The molecule has 68 valence electrons. The maximum absolute atomic E-state index is 5.79. The van der Waals surface area contributed by atoms with Crippen LogP contribution in [0.5, 0.6) is 11.5 Å². The highest BCUT2D eigenvalue weighted by molar-refractivity contribution is 6.36. The molecule has 0 saturated carbocycles. The molecule has 0 atom stereocenters. The number of methoxy groups -OCH3 is 1. The lowest BCUT2D eigenvalue weighted by Gasteiger charge is -2.14. The van der Waals surface area contributed by atoms with Crippen molar-refractivity contribution >= 4 is 13.3 Å². The number of hydrogen-bond donors (Lipinski definition) is 0. The van der Waals surface area contributed by atoms with E-state index in [1.165, 1.54) is 0 Å². The Labute approximate surface area is 80.3 Å². The fourth-order valence-corrected chi connectivity index (χ4v) is 1.06. The van der Waals surface area contributed by atoms with Crippen LogP contribution in [0, 0.1) is 0 Å². The van der Waals surface area contributed by atoms with Crippen molar-refractivity contribution in [3.8, 4) is 11.5 Å². The van der Waals surface area contributed by atoms with Crippen LogP contribution < -0.4 is 14.9 Å². The summed E-state index contributed by atoms with van der Waals surface area (Å²) in [6.07, 6.45) is 0.120. The van der Waals surface area contributed by atoms with Gasteiger partial charge in [-0.25, -0.2) is 0 Å². The molecule has 2 nitrogen and oxygen atoms in total. The van der Waals surface area contributed by atoms with Gasteiger partial charge in [-0.15, -0.1) is 0 Å². The number of rotatable bonds is 3. The average molecular weight is 176 g/mol. The molecule has 0 unspecified atom stereocenters. The van der Waals surface area contributed by atoms with Crippen molar-refractivity contribution < 1.29 is 9.47 Å². The quantitative estimate of drug-likeness (QED) is 0.645. The van der Waals surface area contributed by atoms with Crippen LogP contribution in [0.25, 0.3) is 0 Å². The van der Waals surface area contributed by atoms with E-state index in [1.54, 1.807) is 7.11 Å². The van der Waals surface area contributed by atoms with Gasteiger partial charge in [0.15, 0.2) is 0 Å². The molecule has 0 N–H and O–H groups in total. The highest BCUT2D eigenvalue weighted by Gasteiger charge is 2.05. The molecule has 3 heteroatoms. The molecule has 1 aromatic rings. The summed E-state index contributed by atoms with van der Waals surface area (Å²) in [4.78, 5) is 0. The Hall–Kier alpha value is -1.12. The van der Waals surface area contributed by atoms with Crippen LogP contribution in [0.4, 0.5) is 0 Å². The summed E-state index contributed by atoms with van der Waals surface area (Å²) in [5.74, 6) is 1.33. The highest BCUT2D eigenvalue weighted by Crippen LogP contribution is 2.15. The Kier molecular flexibility index (Phi) is 3.23. The molecule has 1 aromatic carbocycles. The van der Waals surface area contributed by atoms with Gasteiger partial charge in [0.1, 0.15) is 19.3 Å². The maximum Gasteiger partial charge on any atom is 0.124 e. The van der Waals surface area contributed by atoms with Crippen LogP contribution in [-0.2, 0) is 0 Å². The first-order chi connectivity index (χ1) is 6.15. The van der Waals surface area contributed by atoms with Gasteiger partial charge in [-0.3, -0.25) is 0 Å². The second-order valence-electron chi connectivity index (χ2n) is 3.04. The molecule has 0 aliphatic rings. The van der Waals surface area contributed by atoms with Crippen LogP contribution in [0.1, 0.15) is 13.8 Å². The normalized spacial score (nSPS) is 10.2. The molecule has 0 fully saturated rings. The fraction of sp³-hybridized carbons (Fsp3) is 0.400. The van der Waals surface area contributed by atoms with Gasteiger partial charge in [-0.2, -0.15) is 0 Å².